The van der Waals surface area contributed by atoms with Crippen LogP contribution in [-0.2, 0) is 9.53 Å². The second kappa shape index (κ2) is 5.13. The third-order valence-corrected chi connectivity index (χ3v) is 3.03. The molecule has 0 saturated carbocycles. The molecule has 0 spiro atoms. The topological polar surface area (TPSA) is 87.5 Å². The Labute approximate surface area is 115 Å². The minimum atomic E-state index is -1.07. The first kappa shape index (κ1) is 13.7. The third kappa shape index (κ3) is 2.14. The van der Waals surface area contributed by atoms with Gasteiger partial charge in [-0.1, -0.05) is 12.1 Å². The summed E-state index contributed by atoms with van der Waals surface area (Å²) in [5.74, 6) is -1.84. The second-order valence-corrected chi connectivity index (χ2v) is 4.41. The minimum Gasteiger partial charge on any atom is -0.446 e. The quantitative estimate of drug-likeness (QED) is 0.608. The number of amides is 2. The fourth-order valence-corrected chi connectivity index (χ4v) is 1.96. The number of rotatable bonds is 3. The number of carbonyl (C=O) groups excluding carboxylic acids is 3. The minimum absolute atomic E-state index is 0.269. The zero-order valence-corrected chi connectivity index (χ0v) is 11.0. The van der Waals surface area contributed by atoms with Crippen LogP contribution >= 0.6 is 0 Å². The highest BCUT2D eigenvalue weighted by Gasteiger charge is 2.41. The summed E-state index contributed by atoms with van der Waals surface area (Å²) < 4.78 is 4.82. The molecule has 2 amide bonds. The van der Waals surface area contributed by atoms with Crippen molar-refractivity contribution >= 4 is 17.8 Å². The summed E-state index contributed by atoms with van der Waals surface area (Å²) in [5.41, 5.74) is 0.538. The standard InChI is InChI=1S/C14H12N2O4/c1-8(7-15)20-14(19)9(2)16-12(17)10-5-3-4-6-11(10)13(16)18/h3-6,8-9H,1-2H3/t8-,9+/m1/s1. The van der Waals surface area contributed by atoms with Gasteiger partial charge in [0.05, 0.1) is 11.1 Å². The van der Waals surface area contributed by atoms with Crippen LogP contribution in [0.1, 0.15) is 34.6 Å². The molecule has 0 N–H and O–H groups in total. The summed E-state index contributed by atoms with van der Waals surface area (Å²) in [6.45, 7) is 2.81. The fraction of sp³-hybridized carbons (Fsp3) is 0.286. The van der Waals surface area contributed by atoms with Crippen molar-refractivity contribution in [1.82, 2.24) is 4.90 Å². The molecule has 0 aromatic heterocycles. The number of carbonyl (C=O) groups is 3. The molecule has 1 aromatic carbocycles. The molecule has 2 atom stereocenters. The van der Waals surface area contributed by atoms with Crippen LogP contribution in [0.5, 0.6) is 0 Å². The van der Waals surface area contributed by atoms with E-state index in [2.05, 4.69) is 0 Å². The first-order valence-corrected chi connectivity index (χ1v) is 6.04. The van der Waals surface area contributed by atoms with Gasteiger partial charge < -0.3 is 4.74 Å². The summed E-state index contributed by atoms with van der Waals surface area (Å²) in [7, 11) is 0. The highest BCUT2D eigenvalue weighted by atomic mass is 16.5. The molecule has 6 nitrogen and oxygen atoms in total. The van der Waals surface area contributed by atoms with E-state index in [0.29, 0.717) is 0 Å². The molecule has 102 valence electrons. The maximum Gasteiger partial charge on any atom is 0.330 e. The lowest BCUT2D eigenvalue weighted by atomic mass is 10.1. The van der Waals surface area contributed by atoms with Crippen molar-refractivity contribution < 1.29 is 19.1 Å². The van der Waals surface area contributed by atoms with E-state index >= 15 is 0 Å². The first-order chi connectivity index (χ1) is 9.47. The monoisotopic (exact) mass is 272 g/mol. The number of esters is 1. The average molecular weight is 272 g/mol. The predicted octanol–water partition coefficient (Wildman–Crippen LogP) is 1.13. The van der Waals surface area contributed by atoms with E-state index in [1.807, 2.05) is 0 Å². The summed E-state index contributed by atoms with van der Waals surface area (Å²) in [6, 6.07) is 7.04. The number of fused-ring (bicyclic) bond motifs is 1. The van der Waals surface area contributed by atoms with Gasteiger partial charge in [0.1, 0.15) is 12.1 Å². The van der Waals surface area contributed by atoms with Gasteiger partial charge in [0.15, 0.2) is 6.10 Å². The molecule has 0 bridgehead atoms. The Bertz CT molecular complexity index is 597. The molecule has 0 aliphatic carbocycles. The van der Waals surface area contributed by atoms with Crippen molar-refractivity contribution in [2.45, 2.75) is 26.0 Å². The largest absolute Gasteiger partial charge is 0.446 e. The number of imide groups is 1. The van der Waals surface area contributed by atoms with Gasteiger partial charge in [-0.2, -0.15) is 5.26 Å². The summed E-state index contributed by atoms with van der Waals surface area (Å²) in [4.78, 5) is 37.0. The van der Waals surface area contributed by atoms with E-state index < -0.39 is 29.9 Å². The highest BCUT2D eigenvalue weighted by molar-refractivity contribution is 6.22. The van der Waals surface area contributed by atoms with E-state index in [1.54, 1.807) is 18.2 Å². The Morgan fingerprint density at radius 3 is 2.15 bits per heavy atom. The second-order valence-electron chi connectivity index (χ2n) is 4.41. The lowest BCUT2D eigenvalue weighted by Gasteiger charge is -2.21. The maximum absolute atomic E-state index is 12.1. The lowest BCUT2D eigenvalue weighted by molar-refractivity contribution is -0.150. The molecular formula is C14H12N2O4. The average Bonchev–Trinajstić information content (AvgIpc) is 2.70. The molecule has 0 unspecified atom stereocenters. The molecule has 1 heterocycles. The van der Waals surface area contributed by atoms with E-state index in [-0.39, 0.29) is 11.1 Å². The zero-order chi connectivity index (χ0) is 14.9. The van der Waals surface area contributed by atoms with Crippen LogP contribution in [0.15, 0.2) is 24.3 Å². The van der Waals surface area contributed by atoms with Gasteiger partial charge in [-0.3, -0.25) is 14.5 Å². The SMILES string of the molecule is C[C@H](C#N)OC(=O)[C@H](C)N1C(=O)c2ccccc2C1=O. The number of nitrogens with zero attached hydrogens (tertiary/aromatic N) is 2. The fourth-order valence-electron chi connectivity index (χ4n) is 1.96. The van der Waals surface area contributed by atoms with Gasteiger partial charge in [-0.15, -0.1) is 0 Å². The Morgan fingerprint density at radius 2 is 1.70 bits per heavy atom. The molecule has 1 aliphatic heterocycles. The first-order valence-electron chi connectivity index (χ1n) is 6.04. The van der Waals surface area contributed by atoms with Crippen LogP contribution in [0.4, 0.5) is 0 Å². The van der Waals surface area contributed by atoms with Gasteiger partial charge in [-0.05, 0) is 26.0 Å². The molecular weight excluding hydrogens is 260 g/mol. The molecule has 1 aromatic rings. The molecule has 20 heavy (non-hydrogen) atoms. The Morgan fingerprint density at radius 1 is 1.20 bits per heavy atom. The van der Waals surface area contributed by atoms with Gasteiger partial charge >= 0.3 is 5.97 Å². The molecule has 2 rings (SSSR count). The van der Waals surface area contributed by atoms with Crippen LogP contribution in [0.3, 0.4) is 0 Å². The normalized spacial score (nSPS) is 16.4. The number of hydrogen-bond donors (Lipinski definition) is 0. The van der Waals surface area contributed by atoms with Gasteiger partial charge in [0, 0.05) is 0 Å². The van der Waals surface area contributed by atoms with Crippen molar-refractivity contribution in [3.63, 3.8) is 0 Å². The van der Waals surface area contributed by atoms with E-state index in [0.717, 1.165) is 4.90 Å². The molecule has 6 heteroatoms. The van der Waals surface area contributed by atoms with Crippen LogP contribution in [-0.4, -0.2) is 34.8 Å². The Hall–Kier alpha value is -2.68. The van der Waals surface area contributed by atoms with Crippen LogP contribution < -0.4 is 0 Å². The van der Waals surface area contributed by atoms with Gasteiger partial charge in [0.25, 0.3) is 11.8 Å². The molecule has 0 saturated heterocycles. The summed E-state index contributed by atoms with van der Waals surface area (Å²) >= 11 is 0. The van der Waals surface area contributed by atoms with E-state index in [9.17, 15) is 14.4 Å². The van der Waals surface area contributed by atoms with Crippen molar-refractivity contribution in [3.8, 4) is 6.07 Å². The summed E-state index contributed by atoms with van der Waals surface area (Å²) in [6.07, 6.45) is -0.930. The number of ether oxygens (including phenoxy) is 1. The van der Waals surface area contributed by atoms with E-state index in [4.69, 9.17) is 10.00 Å². The van der Waals surface area contributed by atoms with Crippen LogP contribution in [0.25, 0.3) is 0 Å². The van der Waals surface area contributed by atoms with E-state index in [1.165, 1.54) is 26.0 Å². The van der Waals surface area contributed by atoms with Crippen LogP contribution in [0.2, 0.25) is 0 Å². The Balaban J connectivity index is 2.24. The zero-order valence-electron chi connectivity index (χ0n) is 11.0. The lowest BCUT2D eigenvalue weighted by Crippen LogP contribution is -2.44. The Kier molecular flexibility index (Phi) is 3.53. The third-order valence-electron chi connectivity index (χ3n) is 3.03. The van der Waals surface area contributed by atoms with Crippen LogP contribution in [0, 0.1) is 11.3 Å². The highest BCUT2D eigenvalue weighted by Crippen LogP contribution is 2.24. The summed E-state index contributed by atoms with van der Waals surface area (Å²) in [5, 5.41) is 8.60. The predicted molar refractivity (Wildman–Crippen MR) is 67.6 cm³/mol. The van der Waals surface area contributed by atoms with Crippen molar-refractivity contribution in [2.24, 2.45) is 0 Å². The smallest absolute Gasteiger partial charge is 0.330 e. The number of nitriles is 1. The van der Waals surface area contributed by atoms with Gasteiger partial charge in [-0.25, -0.2) is 4.79 Å². The molecule has 0 radical (unpaired) electrons. The molecule has 0 fully saturated rings. The van der Waals surface area contributed by atoms with Gasteiger partial charge in [0.2, 0.25) is 0 Å². The van der Waals surface area contributed by atoms with Crippen molar-refractivity contribution in [3.05, 3.63) is 35.4 Å². The number of hydrogen-bond acceptors (Lipinski definition) is 5. The molecule has 1 aliphatic rings. The van der Waals surface area contributed by atoms with Crippen molar-refractivity contribution in [2.75, 3.05) is 0 Å². The maximum atomic E-state index is 12.1. The number of benzene rings is 1. The van der Waals surface area contributed by atoms with Crippen molar-refractivity contribution in [1.29, 1.82) is 5.26 Å².